The molecule has 1 aromatic heterocycles. The van der Waals surface area contributed by atoms with Gasteiger partial charge in [-0.15, -0.1) is 12.4 Å². The number of amides is 1. The van der Waals surface area contributed by atoms with Crippen molar-refractivity contribution < 1.29 is 36.9 Å². The van der Waals surface area contributed by atoms with Crippen LogP contribution in [0, 0.1) is 6.92 Å². The lowest BCUT2D eigenvalue weighted by atomic mass is 10.1. The quantitative estimate of drug-likeness (QED) is 0.104. The molecule has 2 heterocycles. The number of hydrogen-bond acceptors (Lipinski definition) is 7. The standard InChI is InChI=1S/C43H41ClF3N3O5.ClH/c1-30-25-34(26-39(44)42(30)55-40-17-16-38(27-48-40)54-29-33-3-10-35(11-4-33)43(45,46)47)9-18-41(51)50-22-20-49(21-23-50)28-32-7-14-37(15-8-32)53-24-19-31-5-12-36(52-2)13-6-31;/h3-18,25-27H,19-24,28-29H2,1-2H3;1H/b18-9+;. The van der Waals surface area contributed by atoms with Gasteiger partial charge in [0, 0.05) is 51.3 Å². The molecule has 294 valence electrons. The van der Waals surface area contributed by atoms with Crippen molar-refractivity contribution in [2.75, 3.05) is 39.9 Å². The number of carbonyl (C=O) groups is 1. The fraction of sp³-hybridized carbons (Fsp3) is 0.256. The van der Waals surface area contributed by atoms with Crippen molar-refractivity contribution in [2.45, 2.75) is 32.7 Å². The Balaban J connectivity index is 0.00000600. The molecule has 0 unspecified atom stereocenters. The van der Waals surface area contributed by atoms with E-state index in [4.69, 9.17) is 30.5 Å². The zero-order valence-electron chi connectivity index (χ0n) is 30.9. The Kier molecular flexibility index (Phi) is 14.7. The molecule has 8 nitrogen and oxygen atoms in total. The number of pyridine rings is 1. The van der Waals surface area contributed by atoms with Gasteiger partial charge in [0.15, 0.2) is 5.75 Å². The maximum absolute atomic E-state index is 13.0. The van der Waals surface area contributed by atoms with Crippen LogP contribution in [0.2, 0.25) is 5.02 Å². The van der Waals surface area contributed by atoms with Crippen LogP contribution >= 0.6 is 24.0 Å². The molecule has 0 spiro atoms. The zero-order chi connectivity index (χ0) is 38.8. The van der Waals surface area contributed by atoms with Gasteiger partial charge in [-0.25, -0.2) is 4.98 Å². The summed E-state index contributed by atoms with van der Waals surface area (Å²) in [5.41, 5.74) is 3.78. The Morgan fingerprint density at radius 3 is 2.09 bits per heavy atom. The van der Waals surface area contributed by atoms with Crippen LogP contribution in [-0.2, 0) is 30.5 Å². The van der Waals surface area contributed by atoms with Gasteiger partial charge < -0.3 is 23.8 Å². The van der Waals surface area contributed by atoms with Crippen LogP contribution in [0.5, 0.6) is 28.9 Å². The maximum atomic E-state index is 13.0. The fourth-order valence-corrected chi connectivity index (χ4v) is 6.30. The van der Waals surface area contributed by atoms with Crippen molar-refractivity contribution in [1.29, 1.82) is 0 Å². The summed E-state index contributed by atoms with van der Waals surface area (Å²) >= 11 is 6.59. The van der Waals surface area contributed by atoms with Gasteiger partial charge in [0.25, 0.3) is 0 Å². The lowest BCUT2D eigenvalue weighted by Crippen LogP contribution is -2.47. The third-order valence-corrected chi connectivity index (χ3v) is 9.39. The number of piperazine rings is 1. The van der Waals surface area contributed by atoms with E-state index >= 15 is 0 Å². The topological polar surface area (TPSA) is 73.4 Å². The van der Waals surface area contributed by atoms with Crippen LogP contribution < -0.4 is 18.9 Å². The van der Waals surface area contributed by atoms with E-state index in [1.54, 1.807) is 37.5 Å². The van der Waals surface area contributed by atoms with Gasteiger partial charge in [0.1, 0.15) is 23.9 Å². The average Bonchev–Trinajstić information content (AvgIpc) is 3.19. The normalized spacial score (nSPS) is 13.3. The minimum absolute atomic E-state index is 0. The number of alkyl halides is 3. The van der Waals surface area contributed by atoms with E-state index in [0.717, 1.165) is 60.8 Å². The highest BCUT2D eigenvalue weighted by Gasteiger charge is 2.30. The predicted octanol–water partition coefficient (Wildman–Crippen LogP) is 9.84. The third-order valence-electron chi connectivity index (χ3n) is 9.10. The number of aryl methyl sites for hydroxylation is 1. The van der Waals surface area contributed by atoms with Crippen LogP contribution in [0.4, 0.5) is 13.2 Å². The smallest absolute Gasteiger partial charge is 0.416 e. The lowest BCUT2D eigenvalue weighted by Gasteiger charge is -2.34. The third kappa shape index (κ3) is 11.9. The van der Waals surface area contributed by atoms with Gasteiger partial charge in [0.2, 0.25) is 11.8 Å². The lowest BCUT2D eigenvalue weighted by molar-refractivity contribution is -0.137. The molecule has 56 heavy (non-hydrogen) atoms. The summed E-state index contributed by atoms with van der Waals surface area (Å²) < 4.78 is 61.2. The Labute approximate surface area is 335 Å². The zero-order valence-corrected chi connectivity index (χ0v) is 32.5. The first-order chi connectivity index (χ1) is 26.5. The summed E-state index contributed by atoms with van der Waals surface area (Å²) in [5, 5.41) is 0.360. The molecule has 0 saturated carbocycles. The van der Waals surface area contributed by atoms with Crippen LogP contribution in [0.25, 0.3) is 6.08 Å². The van der Waals surface area contributed by atoms with Gasteiger partial charge in [-0.3, -0.25) is 9.69 Å². The van der Waals surface area contributed by atoms with E-state index in [1.165, 1.54) is 29.5 Å². The molecule has 4 aromatic carbocycles. The molecule has 1 aliphatic rings. The predicted molar refractivity (Wildman–Crippen MR) is 213 cm³/mol. The molecule has 0 N–H and O–H groups in total. The number of carbonyl (C=O) groups excluding carboxylic acids is 1. The first kappa shape index (κ1) is 41.9. The minimum atomic E-state index is -4.39. The number of nitrogens with zero attached hydrogens (tertiary/aromatic N) is 3. The van der Waals surface area contributed by atoms with Crippen LogP contribution in [0.15, 0.2) is 109 Å². The van der Waals surface area contributed by atoms with Crippen molar-refractivity contribution in [1.82, 2.24) is 14.8 Å². The number of hydrogen-bond donors (Lipinski definition) is 0. The van der Waals surface area contributed by atoms with Crippen molar-refractivity contribution >= 4 is 36.0 Å². The number of rotatable bonds is 14. The number of benzene rings is 4. The van der Waals surface area contributed by atoms with E-state index in [9.17, 15) is 18.0 Å². The Hall–Kier alpha value is -5.23. The molecule has 0 atom stereocenters. The highest BCUT2D eigenvalue weighted by molar-refractivity contribution is 6.32. The first-order valence-electron chi connectivity index (χ1n) is 17.8. The number of halogens is 5. The monoisotopic (exact) mass is 807 g/mol. The SMILES string of the molecule is COc1ccc(CCOc2ccc(CN3CCN(C(=O)/C=C/c4cc(C)c(Oc5ccc(OCc6ccc(C(F)(F)F)cc6)cn5)c(Cl)c4)CC3)cc2)cc1.Cl. The van der Waals surface area contributed by atoms with Gasteiger partial charge in [0.05, 0.1) is 30.5 Å². The van der Waals surface area contributed by atoms with Crippen LogP contribution in [-0.4, -0.2) is 60.6 Å². The summed E-state index contributed by atoms with van der Waals surface area (Å²) in [6.45, 7) is 6.15. The Morgan fingerprint density at radius 1 is 0.821 bits per heavy atom. The number of methoxy groups -OCH3 is 1. The van der Waals surface area contributed by atoms with E-state index < -0.39 is 11.7 Å². The summed E-state index contributed by atoms with van der Waals surface area (Å²) in [6, 6.07) is 27.8. The van der Waals surface area contributed by atoms with Gasteiger partial charge >= 0.3 is 6.18 Å². The highest BCUT2D eigenvalue weighted by Crippen LogP contribution is 2.34. The molecule has 13 heteroatoms. The van der Waals surface area contributed by atoms with Gasteiger partial charge in [-0.2, -0.15) is 13.2 Å². The second-order valence-electron chi connectivity index (χ2n) is 13.1. The van der Waals surface area contributed by atoms with Crippen LogP contribution in [0.3, 0.4) is 0 Å². The first-order valence-corrected chi connectivity index (χ1v) is 18.2. The molecular weight excluding hydrogens is 766 g/mol. The highest BCUT2D eigenvalue weighted by atomic mass is 35.5. The number of ether oxygens (including phenoxy) is 4. The molecule has 5 aromatic rings. The fourth-order valence-electron chi connectivity index (χ4n) is 5.98. The van der Waals surface area contributed by atoms with Crippen LogP contribution in [0.1, 0.15) is 33.4 Å². The molecule has 1 saturated heterocycles. The molecule has 1 aliphatic heterocycles. The van der Waals surface area contributed by atoms with E-state index in [-0.39, 0.29) is 30.8 Å². The molecule has 1 fully saturated rings. The summed E-state index contributed by atoms with van der Waals surface area (Å²) in [7, 11) is 1.66. The molecular formula is C43H42Cl2F3N3O5. The average molecular weight is 809 g/mol. The molecule has 6 rings (SSSR count). The van der Waals surface area contributed by atoms with Crippen molar-refractivity contribution in [3.63, 3.8) is 0 Å². The second-order valence-corrected chi connectivity index (χ2v) is 13.5. The van der Waals surface area contributed by atoms with E-state index in [2.05, 4.69) is 22.0 Å². The summed E-state index contributed by atoms with van der Waals surface area (Å²) in [5.74, 6) is 2.76. The van der Waals surface area contributed by atoms with E-state index in [1.807, 2.05) is 54.3 Å². The maximum Gasteiger partial charge on any atom is 0.416 e. The van der Waals surface area contributed by atoms with Crippen molar-refractivity contribution in [3.8, 4) is 28.9 Å². The molecule has 0 radical (unpaired) electrons. The summed E-state index contributed by atoms with van der Waals surface area (Å²) in [6.07, 6.45) is 1.21. The largest absolute Gasteiger partial charge is 0.497 e. The molecule has 0 aliphatic carbocycles. The Morgan fingerprint density at radius 2 is 1.46 bits per heavy atom. The van der Waals surface area contributed by atoms with Crippen molar-refractivity contribution in [3.05, 3.63) is 148 Å². The number of aromatic nitrogens is 1. The van der Waals surface area contributed by atoms with Gasteiger partial charge in [-0.1, -0.05) is 48.0 Å². The second kappa shape index (κ2) is 19.6. The molecule has 1 amide bonds. The van der Waals surface area contributed by atoms with Crippen molar-refractivity contribution in [2.24, 2.45) is 0 Å². The van der Waals surface area contributed by atoms with Gasteiger partial charge in [-0.05, 0) is 95.4 Å². The summed E-state index contributed by atoms with van der Waals surface area (Å²) in [4.78, 5) is 21.5. The van der Waals surface area contributed by atoms with E-state index in [0.29, 0.717) is 41.8 Å². The minimum Gasteiger partial charge on any atom is -0.497 e. The molecule has 0 bridgehead atoms. The Bertz CT molecular complexity index is 2030.